The molecule has 74 valence electrons. The van der Waals surface area contributed by atoms with Gasteiger partial charge in [-0.1, -0.05) is 4.49 Å². The van der Waals surface area contributed by atoms with E-state index in [0.717, 1.165) is 6.42 Å². The molecule has 0 aliphatic rings. The third kappa shape index (κ3) is 2.08. The minimum Gasteiger partial charge on any atom is -0.419 e. The zero-order chi connectivity index (χ0) is 9.80. The maximum Gasteiger partial charge on any atom is 0.269 e. The van der Waals surface area contributed by atoms with Crippen molar-refractivity contribution in [3.8, 4) is 11.6 Å². The summed E-state index contributed by atoms with van der Waals surface area (Å²) in [4.78, 5) is 0. The van der Waals surface area contributed by atoms with Crippen molar-refractivity contribution in [1.29, 1.82) is 0 Å². The van der Waals surface area contributed by atoms with Gasteiger partial charge in [0.2, 0.25) is 5.89 Å². The summed E-state index contributed by atoms with van der Waals surface area (Å²) in [5, 5.41) is 13.3. The zero-order valence-corrected chi connectivity index (χ0v) is 8.75. The maximum atomic E-state index is 5.55. The number of aryl methyl sites for hydroxylation is 1. The molecule has 0 radical (unpaired) electrons. The van der Waals surface area contributed by atoms with Crippen LogP contribution < -0.4 is 0 Å². The van der Waals surface area contributed by atoms with Gasteiger partial charge in [-0.25, -0.2) is 0 Å². The summed E-state index contributed by atoms with van der Waals surface area (Å²) in [5.41, 5.74) is 0.625. The van der Waals surface area contributed by atoms with Crippen molar-refractivity contribution >= 4 is 23.1 Å². The second-order valence-corrected chi connectivity index (χ2v) is 3.57. The zero-order valence-electron chi connectivity index (χ0n) is 7.18. The molecule has 2 heterocycles. The fraction of sp³-hybridized carbons (Fsp3) is 0.429. The van der Waals surface area contributed by atoms with Gasteiger partial charge >= 0.3 is 0 Å². The minimum absolute atomic E-state index is 0.420. The Morgan fingerprint density at radius 2 is 2.29 bits per heavy atom. The van der Waals surface area contributed by atoms with Crippen LogP contribution in [0.15, 0.2) is 9.80 Å². The molecule has 0 spiro atoms. The van der Waals surface area contributed by atoms with Crippen LogP contribution in [0.3, 0.4) is 0 Å². The Morgan fingerprint density at radius 1 is 1.36 bits per heavy atom. The van der Waals surface area contributed by atoms with E-state index in [-0.39, 0.29) is 0 Å². The van der Waals surface area contributed by atoms with Crippen LogP contribution in [0.4, 0.5) is 0 Å². The molecule has 0 bridgehead atoms. The first kappa shape index (κ1) is 9.54. The average Bonchev–Trinajstić information content (AvgIpc) is 2.85. The molecule has 2 aromatic rings. The van der Waals surface area contributed by atoms with Gasteiger partial charge in [0.05, 0.1) is 0 Å². The molecular weight excluding hydrogens is 224 g/mol. The first-order chi connectivity index (χ1) is 6.90. The molecule has 0 atom stereocenters. The highest BCUT2D eigenvalue weighted by atomic mass is 35.5. The molecule has 0 N–H and O–H groups in total. The van der Waals surface area contributed by atoms with Gasteiger partial charge in [-0.15, -0.1) is 26.9 Å². The van der Waals surface area contributed by atoms with Crippen LogP contribution in [0.5, 0.6) is 0 Å². The second-order valence-electron chi connectivity index (χ2n) is 2.58. The Kier molecular flexibility index (Phi) is 3.05. The topological polar surface area (TPSA) is 64.7 Å². The number of hydrogen-bond donors (Lipinski definition) is 0. The van der Waals surface area contributed by atoms with Crippen molar-refractivity contribution in [3.05, 3.63) is 11.3 Å². The van der Waals surface area contributed by atoms with Crippen molar-refractivity contribution in [2.45, 2.75) is 12.8 Å². The first-order valence-corrected chi connectivity index (χ1v) is 5.43. The van der Waals surface area contributed by atoms with Gasteiger partial charge in [0.15, 0.2) is 5.69 Å². The van der Waals surface area contributed by atoms with E-state index in [2.05, 4.69) is 19.8 Å². The summed E-state index contributed by atoms with van der Waals surface area (Å²) >= 11 is 6.80. The Hall–Kier alpha value is -1.01. The summed E-state index contributed by atoms with van der Waals surface area (Å²) in [7, 11) is 0. The van der Waals surface area contributed by atoms with Gasteiger partial charge in [0, 0.05) is 17.7 Å². The average molecular weight is 231 g/mol. The van der Waals surface area contributed by atoms with E-state index in [0.29, 0.717) is 29.8 Å². The van der Waals surface area contributed by atoms with Crippen LogP contribution >= 0.6 is 23.1 Å². The first-order valence-electron chi connectivity index (χ1n) is 4.06. The van der Waals surface area contributed by atoms with E-state index in [1.54, 1.807) is 5.38 Å². The lowest BCUT2D eigenvalue weighted by molar-refractivity contribution is 0.501. The van der Waals surface area contributed by atoms with Crippen molar-refractivity contribution in [3.63, 3.8) is 0 Å². The van der Waals surface area contributed by atoms with Gasteiger partial charge < -0.3 is 4.42 Å². The molecule has 14 heavy (non-hydrogen) atoms. The molecule has 0 aliphatic carbocycles. The fourth-order valence-corrected chi connectivity index (χ4v) is 1.50. The van der Waals surface area contributed by atoms with Crippen LogP contribution in [0.25, 0.3) is 11.6 Å². The Morgan fingerprint density at radius 3 is 3.00 bits per heavy atom. The predicted octanol–water partition coefficient (Wildman–Crippen LogP) is 1.76. The van der Waals surface area contributed by atoms with Crippen LogP contribution in [0.1, 0.15) is 12.3 Å². The van der Waals surface area contributed by atoms with E-state index >= 15 is 0 Å². The molecule has 0 saturated heterocycles. The third-order valence-electron chi connectivity index (χ3n) is 1.57. The van der Waals surface area contributed by atoms with Gasteiger partial charge in [-0.05, 0) is 18.0 Å². The minimum atomic E-state index is 0.420. The molecule has 7 heteroatoms. The third-order valence-corrected chi connectivity index (χ3v) is 2.34. The lowest BCUT2D eigenvalue weighted by atomic mass is 10.3. The highest BCUT2D eigenvalue weighted by Gasteiger charge is 2.10. The lowest BCUT2D eigenvalue weighted by Gasteiger charge is -1.88. The van der Waals surface area contributed by atoms with Crippen LogP contribution in [0, 0.1) is 0 Å². The molecule has 0 aliphatic heterocycles. The molecule has 0 unspecified atom stereocenters. The number of aromatic nitrogens is 4. The molecule has 5 nitrogen and oxygen atoms in total. The lowest BCUT2D eigenvalue weighted by Crippen LogP contribution is -1.85. The summed E-state index contributed by atoms with van der Waals surface area (Å²) in [6.45, 7) is 0. The van der Waals surface area contributed by atoms with Crippen LogP contribution in [0.2, 0.25) is 0 Å². The Labute approximate surface area is 89.3 Å². The van der Waals surface area contributed by atoms with E-state index in [1.165, 1.54) is 11.5 Å². The molecular formula is C7H7ClN4OS. The number of nitrogens with zero attached hydrogens (tertiary/aromatic N) is 4. The van der Waals surface area contributed by atoms with Crippen molar-refractivity contribution in [2.24, 2.45) is 0 Å². The highest BCUT2D eigenvalue weighted by Crippen LogP contribution is 2.16. The Balaban J connectivity index is 2.10. The number of halogens is 1. The van der Waals surface area contributed by atoms with Crippen LogP contribution in [-0.2, 0) is 6.42 Å². The maximum absolute atomic E-state index is 5.55. The largest absolute Gasteiger partial charge is 0.419 e. The second kappa shape index (κ2) is 4.47. The van der Waals surface area contributed by atoms with Gasteiger partial charge in [-0.2, -0.15) is 0 Å². The van der Waals surface area contributed by atoms with E-state index < -0.39 is 0 Å². The molecule has 0 fully saturated rings. The smallest absolute Gasteiger partial charge is 0.269 e. The van der Waals surface area contributed by atoms with E-state index in [9.17, 15) is 0 Å². The quantitative estimate of drug-likeness (QED) is 0.749. The van der Waals surface area contributed by atoms with E-state index in [4.69, 9.17) is 16.0 Å². The molecule has 0 aromatic carbocycles. The summed E-state index contributed by atoms with van der Waals surface area (Å²) < 4.78 is 9.07. The van der Waals surface area contributed by atoms with Crippen LogP contribution in [-0.4, -0.2) is 25.7 Å². The Bertz CT molecular complexity index is 388. The molecule has 2 aromatic heterocycles. The molecule has 0 amide bonds. The van der Waals surface area contributed by atoms with Gasteiger partial charge in [0.1, 0.15) is 0 Å². The SMILES string of the molecule is ClCCCc1nnc(-c2csnn2)o1. The van der Waals surface area contributed by atoms with E-state index in [1.807, 2.05) is 0 Å². The predicted molar refractivity (Wildman–Crippen MR) is 52.2 cm³/mol. The summed E-state index contributed by atoms with van der Waals surface area (Å²) in [6.07, 6.45) is 1.53. The molecule has 2 rings (SSSR count). The van der Waals surface area contributed by atoms with Crippen molar-refractivity contribution in [1.82, 2.24) is 19.8 Å². The standard InChI is InChI=1S/C7H7ClN4OS/c8-3-1-2-6-10-11-7(13-6)5-4-14-12-9-5/h4H,1-3H2. The fourth-order valence-electron chi connectivity index (χ4n) is 0.934. The van der Waals surface area contributed by atoms with Crippen molar-refractivity contribution in [2.75, 3.05) is 5.88 Å². The normalized spacial score (nSPS) is 10.6. The number of hydrogen-bond acceptors (Lipinski definition) is 6. The highest BCUT2D eigenvalue weighted by molar-refractivity contribution is 7.03. The number of alkyl halides is 1. The summed E-state index contributed by atoms with van der Waals surface area (Å²) in [6, 6.07) is 0. The number of rotatable bonds is 4. The monoisotopic (exact) mass is 230 g/mol. The molecule has 0 saturated carbocycles. The van der Waals surface area contributed by atoms with Crippen molar-refractivity contribution < 1.29 is 4.42 Å². The van der Waals surface area contributed by atoms with Gasteiger partial charge in [0.25, 0.3) is 5.89 Å². The van der Waals surface area contributed by atoms with Gasteiger partial charge in [-0.3, -0.25) is 0 Å². The summed E-state index contributed by atoms with van der Waals surface area (Å²) in [5.74, 6) is 1.60.